The van der Waals surface area contributed by atoms with E-state index >= 15 is 0 Å². The van der Waals surface area contributed by atoms with Crippen LogP contribution in [0.2, 0.25) is 0 Å². The molecule has 1 aromatic carbocycles. The van der Waals surface area contributed by atoms with E-state index in [1.807, 2.05) is 27.7 Å². The number of esters is 2. The highest BCUT2D eigenvalue weighted by Crippen LogP contribution is 2.30. The Morgan fingerprint density at radius 1 is 0.744 bits per heavy atom. The van der Waals surface area contributed by atoms with Gasteiger partial charge in [0.15, 0.2) is 11.5 Å². The molecule has 0 heterocycles. The zero-order chi connectivity index (χ0) is 29.5. The van der Waals surface area contributed by atoms with E-state index in [9.17, 15) is 19.2 Å². The van der Waals surface area contributed by atoms with Gasteiger partial charge in [-0.15, -0.1) is 0 Å². The van der Waals surface area contributed by atoms with Crippen LogP contribution in [0, 0.1) is 17.8 Å². The van der Waals surface area contributed by atoms with Gasteiger partial charge in [-0.05, 0) is 55.7 Å². The van der Waals surface area contributed by atoms with Gasteiger partial charge in [0, 0.05) is 0 Å². The number of carbonyl (C=O) groups is 4. The Bertz CT molecular complexity index is 944. The van der Waals surface area contributed by atoms with Crippen LogP contribution in [0.3, 0.4) is 0 Å². The van der Waals surface area contributed by atoms with Crippen molar-refractivity contribution in [3.8, 4) is 11.5 Å². The predicted octanol–water partition coefficient (Wildman–Crippen LogP) is 4.81. The summed E-state index contributed by atoms with van der Waals surface area (Å²) >= 11 is 0. The maximum atomic E-state index is 12.4. The van der Waals surface area contributed by atoms with Crippen molar-refractivity contribution in [1.82, 2.24) is 0 Å². The van der Waals surface area contributed by atoms with E-state index in [-0.39, 0.29) is 43.7 Å². The molecular formula is C28H43NO10. The van der Waals surface area contributed by atoms with Crippen LogP contribution in [0.4, 0.5) is 9.59 Å². The molecule has 0 aliphatic carbocycles. The van der Waals surface area contributed by atoms with Crippen LogP contribution >= 0.6 is 0 Å². The first-order valence-corrected chi connectivity index (χ1v) is 13.2. The van der Waals surface area contributed by atoms with E-state index in [0.717, 1.165) is 0 Å². The summed E-state index contributed by atoms with van der Waals surface area (Å²) in [6.07, 6.45) is -1.22. The van der Waals surface area contributed by atoms with Crippen molar-refractivity contribution >= 4 is 24.2 Å². The second kappa shape index (κ2) is 17.3. The van der Waals surface area contributed by atoms with Crippen LogP contribution in [-0.2, 0) is 35.0 Å². The van der Waals surface area contributed by atoms with Crippen LogP contribution < -0.4 is 15.2 Å². The van der Waals surface area contributed by atoms with E-state index in [4.69, 9.17) is 34.2 Å². The van der Waals surface area contributed by atoms with Gasteiger partial charge < -0.3 is 34.2 Å². The summed E-state index contributed by atoms with van der Waals surface area (Å²) in [5.41, 5.74) is 6.51. The van der Waals surface area contributed by atoms with Gasteiger partial charge in [0.1, 0.15) is 18.8 Å². The van der Waals surface area contributed by atoms with Crippen LogP contribution in [0.1, 0.15) is 66.9 Å². The van der Waals surface area contributed by atoms with Crippen molar-refractivity contribution in [1.29, 1.82) is 0 Å². The minimum Gasteiger partial charge on any atom is -0.461 e. The lowest BCUT2D eigenvalue weighted by molar-refractivity contribution is -0.161. The minimum atomic E-state index is -1.06. The third-order valence-electron chi connectivity index (χ3n) is 5.23. The Morgan fingerprint density at radius 3 is 1.79 bits per heavy atom. The SMILES string of the molecule is CC(C)CCOC(=O)Oc1ccc(C[C@H](N)C(=O)OC[C@H](C)OC(=O)C(C)C)cc1OC(=O)OCCC(C)C. The number of hydrogen-bond acceptors (Lipinski definition) is 11. The summed E-state index contributed by atoms with van der Waals surface area (Å²) in [6.45, 7) is 13.2. The first-order chi connectivity index (χ1) is 18.3. The van der Waals surface area contributed by atoms with Gasteiger partial charge in [-0.2, -0.15) is 0 Å². The van der Waals surface area contributed by atoms with E-state index in [1.54, 1.807) is 26.8 Å². The molecule has 1 rings (SSSR count). The average molecular weight is 554 g/mol. The summed E-state index contributed by atoms with van der Waals surface area (Å²) in [6, 6.07) is 3.33. The van der Waals surface area contributed by atoms with Crippen molar-refractivity contribution in [3.05, 3.63) is 23.8 Å². The molecule has 11 nitrogen and oxygen atoms in total. The molecule has 0 spiro atoms. The minimum absolute atomic E-state index is 0.0247. The maximum absolute atomic E-state index is 12.4. The Kier molecular flexibility index (Phi) is 14.9. The molecule has 0 saturated heterocycles. The standard InChI is InChI=1S/C28H43NO10/c1-17(2)10-12-34-27(32)38-23-9-8-21(15-24(23)39-28(33)35-13-11-18(3)4)14-22(29)26(31)36-16-20(7)37-25(30)19(5)6/h8-9,15,17-20,22H,10-14,16,29H2,1-7H3/t20-,22-/m0/s1. The summed E-state index contributed by atoms with van der Waals surface area (Å²) < 4.78 is 31.0. The van der Waals surface area contributed by atoms with Crippen molar-refractivity contribution in [2.75, 3.05) is 19.8 Å². The normalized spacial score (nSPS) is 12.6. The van der Waals surface area contributed by atoms with E-state index in [0.29, 0.717) is 30.2 Å². The third-order valence-corrected chi connectivity index (χ3v) is 5.23. The van der Waals surface area contributed by atoms with Gasteiger partial charge in [0.2, 0.25) is 0 Å². The van der Waals surface area contributed by atoms with Gasteiger partial charge in [-0.25, -0.2) is 9.59 Å². The number of ether oxygens (including phenoxy) is 6. The molecule has 0 saturated carbocycles. The molecule has 220 valence electrons. The van der Waals surface area contributed by atoms with Crippen LogP contribution in [0.15, 0.2) is 18.2 Å². The number of benzene rings is 1. The summed E-state index contributed by atoms with van der Waals surface area (Å²) in [4.78, 5) is 48.4. The molecule has 0 radical (unpaired) electrons. The zero-order valence-electron chi connectivity index (χ0n) is 24.0. The van der Waals surface area contributed by atoms with E-state index in [2.05, 4.69) is 0 Å². The summed E-state index contributed by atoms with van der Waals surface area (Å²) in [5, 5.41) is 0. The van der Waals surface area contributed by atoms with Gasteiger partial charge in [-0.3, -0.25) is 9.59 Å². The van der Waals surface area contributed by atoms with Gasteiger partial charge >= 0.3 is 24.2 Å². The van der Waals surface area contributed by atoms with Gasteiger partial charge in [-0.1, -0.05) is 47.6 Å². The summed E-state index contributed by atoms with van der Waals surface area (Å²) in [7, 11) is 0. The Morgan fingerprint density at radius 2 is 1.28 bits per heavy atom. The molecule has 0 fully saturated rings. The van der Waals surface area contributed by atoms with Crippen molar-refractivity contribution in [2.24, 2.45) is 23.5 Å². The van der Waals surface area contributed by atoms with Gasteiger partial charge in [0.25, 0.3) is 0 Å². The predicted molar refractivity (Wildman–Crippen MR) is 142 cm³/mol. The van der Waals surface area contributed by atoms with Crippen LogP contribution in [-0.4, -0.2) is 56.2 Å². The molecule has 0 amide bonds. The number of carbonyl (C=O) groups excluding carboxylic acids is 4. The molecule has 2 N–H and O–H groups in total. The number of hydrogen-bond donors (Lipinski definition) is 1. The Labute approximate surface area is 230 Å². The smallest absolute Gasteiger partial charge is 0.461 e. The lowest BCUT2D eigenvalue weighted by Crippen LogP contribution is -2.36. The number of rotatable bonds is 15. The average Bonchev–Trinajstić information content (AvgIpc) is 2.83. The lowest BCUT2D eigenvalue weighted by Gasteiger charge is -2.17. The fourth-order valence-electron chi connectivity index (χ4n) is 2.85. The highest BCUT2D eigenvalue weighted by molar-refractivity contribution is 5.76. The van der Waals surface area contributed by atoms with E-state index < -0.39 is 36.4 Å². The second-order valence-corrected chi connectivity index (χ2v) is 10.4. The highest BCUT2D eigenvalue weighted by Gasteiger charge is 2.22. The molecule has 0 aliphatic rings. The molecule has 0 aliphatic heterocycles. The quantitative estimate of drug-likeness (QED) is 0.181. The van der Waals surface area contributed by atoms with Gasteiger partial charge in [0.05, 0.1) is 19.1 Å². The Balaban J connectivity index is 2.87. The first-order valence-electron chi connectivity index (χ1n) is 13.2. The largest absolute Gasteiger partial charge is 0.513 e. The molecule has 0 aromatic heterocycles. The summed E-state index contributed by atoms with van der Waals surface area (Å²) in [5.74, 6) is -0.902. The Hall–Kier alpha value is -3.34. The van der Waals surface area contributed by atoms with E-state index in [1.165, 1.54) is 12.1 Å². The third kappa shape index (κ3) is 14.4. The molecule has 39 heavy (non-hydrogen) atoms. The molecule has 2 atom stereocenters. The number of nitrogens with two attached hydrogens (primary N) is 1. The zero-order valence-corrected chi connectivity index (χ0v) is 24.0. The molecule has 0 bridgehead atoms. The van der Waals surface area contributed by atoms with Crippen molar-refractivity contribution < 1.29 is 47.6 Å². The second-order valence-electron chi connectivity index (χ2n) is 10.4. The topological polar surface area (TPSA) is 150 Å². The van der Waals surface area contributed by atoms with Crippen LogP contribution in [0.25, 0.3) is 0 Å². The molecule has 11 heteroatoms. The monoisotopic (exact) mass is 553 g/mol. The molecular weight excluding hydrogens is 510 g/mol. The fraction of sp³-hybridized carbons (Fsp3) is 0.643. The first kappa shape index (κ1) is 33.7. The molecule has 0 unspecified atom stereocenters. The lowest BCUT2D eigenvalue weighted by atomic mass is 10.1. The maximum Gasteiger partial charge on any atom is 0.513 e. The van der Waals surface area contributed by atoms with Crippen LogP contribution in [0.5, 0.6) is 11.5 Å². The fourth-order valence-corrected chi connectivity index (χ4v) is 2.85. The van der Waals surface area contributed by atoms with Crippen molar-refractivity contribution in [2.45, 2.75) is 79.9 Å². The highest BCUT2D eigenvalue weighted by atomic mass is 16.7. The van der Waals surface area contributed by atoms with Crippen molar-refractivity contribution in [3.63, 3.8) is 0 Å². The molecule has 1 aromatic rings.